The molecule has 1 atom stereocenters. The summed E-state index contributed by atoms with van der Waals surface area (Å²) in [7, 11) is 0. The van der Waals surface area contributed by atoms with Crippen molar-refractivity contribution in [1.82, 2.24) is 4.90 Å². The summed E-state index contributed by atoms with van der Waals surface area (Å²) >= 11 is 0. The Hall–Kier alpha value is -1.91. The van der Waals surface area contributed by atoms with Crippen LogP contribution in [0.2, 0.25) is 0 Å². The number of hydrogen-bond donors (Lipinski definition) is 1. The van der Waals surface area contributed by atoms with Gasteiger partial charge in [-0.2, -0.15) is 0 Å². The molecule has 1 rings (SSSR count). The van der Waals surface area contributed by atoms with Gasteiger partial charge in [0, 0.05) is 6.54 Å². The van der Waals surface area contributed by atoms with Crippen LogP contribution in [0, 0.1) is 5.82 Å². The molecule has 1 aromatic carbocycles. The largest absolute Gasteiger partial charge is 0.480 e. The highest BCUT2D eigenvalue weighted by Gasteiger charge is 2.22. The number of carbonyl (C=O) groups excluding carboxylic acids is 1. The van der Waals surface area contributed by atoms with Crippen molar-refractivity contribution >= 4 is 11.9 Å². The van der Waals surface area contributed by atoms with E-state index >= 15 is 0 Å². The number of aliphatic carboxylic acids is 1. The Morgan fingerprint density at radius 1 is 1.44 bits per heavy atom. The molecular weight excluding hydrogens is 237 g/mol. The summed E-state index contributed by atoms with van der Waals surface area (Å²) < 4.78 is 13.1. The fraction of sp³-hybridized carbons (Fsp3) is 0.385. The van der Waals surface area contributed by atoms with Gasteiger partial charge in [0.1, 0.15) is 12.4 Å². The van der Waals surface area contributed by atoms with Gasteiger partial charge in [-0.05, 0) is 31.5 Å². The summed E-state index contributed by atoms with van der Waals surface area (Å²) in [5.41, 5.74) is 0.545. The maximum atomic E-state index is 13.1. The third kappa shape index (κ3) is 3.55. The zero-order chi connectivity index (χ0) is 13.7. The summed E-state index contributed by atoms with van der Waals surface area (Å²) in [6, 6.07) is 5.77. The number of amides is 1. The van der Waals surface area contributed by atoms with Crippen LogP contribution < -0.4 is 0 Å². The van der Waals surface area contributed by atoms with Crippen LogP contribution in [-0.4, -0.2) is 35.0 Å². The molecule has 1 N–H and O–H groups in total. The molecule has 0 aromatic heterocycles. The molecule has 0 saturated heterocycles. The molecule has 0 spiro atoms. The Labute approximate surface area is 105 Å². The fourth-order valence-electron chi connectivity index (χ4n) is 1.70. The van der Waals surface area contributed by atoms with Crippen molar-refractivity contribution in [2.45, 2.75) is 19.8 Å². The predicted octanol–water partition coefficient (Wildman–Crippen LogP) is 1.86. The molecule has 5 heteroatoms. The second kappa shape index (κ2) is 6.14. The molecule has 0 radical (unpaired) electrons. The fourth-order valence-corrected chi connectivity index (χ4v) is 1.70. The van der Waals surface area contributed by atoms with Gasteiger partial charge < -0.3 is 10.0 Å². The summed E-state index contributed by atoms with van der Waals surface area (Å²) in [6.45, 7) is 3.32. The summed E-state index contributed by atoms with van der Waals surface area (Å²) in [6.07, 6.45) is 0. The number of nitrogens with zero attached hydrogens (tertiary/aromatic N) is 1. The van der Waals surface area contributed by atoms with E-state index in [0.29, 0.717) is 12.1 Å². The van der Waals surface area contributed by atoms with Crippen LogP contribution in [0.3, 0.4) is 0 Å². The lowest BCUT2D eigenvalue weighted by molar-refractivity contribution is -0.144. The van der Waals surface area contributed by atoms with E-state index in [0.717, 1.165) is 0 Å². The van der Waals surface area contributed by atoms with Gasteiger partial charge in [-0.1, -0.05) is 12.1 Å². The Balaban J connectivity index is 2.85. The van der Waals surface area contributed by atoms with Crippen LogP contribution in [0.15, 0.2) is 24.3 Å². The zero-order valence-electron chi connectivity index (χ0n) is 10.4. The molecule has 0 heterocycles. The maximum absolute atomic E-state index is 13.1. The van der Waals surface area contributed by atoms with Gasteiger partial charge in [0.15, 0.2) is 0 Å². The maximum Gasteiger partial charge on any atom is 0.323 e. The molecule has 0 bridgehead atoms. The first-order valence-electron chi connectivity index (χ1n) is 5.71. The number of benzene rings is 1. The molecule has 1 aromatic rings. The molecule has 0 fully saturated rings. The van der Waals surface area contributed by atoms with Crippen molar-refractivity contribution < 1.29 is 19.1 Å². The quantitative estimate of drug-likeness (QED) is 0.871. The topological polar surface area (TPSA) is 57.6 Å². The van der Waals surface area contributed by atoms with Gasteiger partial charge in [0.2, 0.25) is 5.91 Å². The van der Waals surface area contributed by atoms with Crippen molar-refractivity contribution in [2.24, 2.45) is 0 Å². The number of halogens is 1. The summed E-state index contributed by atoms with van der Waals surface area (Å²) in [4.78, 5) is 23.9. The van der Waals surface area contributed by atoms with Crippen molar-refractivity contribution in [1.29, 1.82) is 0 Å². The van der Waals surface area contributed by atoms with E-state index < -0.39 is 17.7 Å². The summed E-state index contributed by atoms with van der Waals surface area (Å²) in [5.74, 6) is -2.34. The number of carbonyl (C=O) groups is 2. The molecule has 18 heavy (non-hydrogen) atoms. The van der Waals surface area contributed by atoms with Crippen LogP contribution in [0.25, 0.3) is 0 Å². The standard InChI is InChI=1S/C13H16FNO3/c1-3-15(8-12(16)17)13(18)9(2)10-5-4-6-11(14)7-10/h4-7,9H,3,8H2,1-2H3,(H,16,17). The van der Waals surface area contributed by atoms with Gasteiger partial charge in [-0.3, -0.25) is 9.59 Å². The Morgan fingerprint density at radius 3 is 2.61 bits per heavy atom. The number of likely N-dealkylation sites (N-methyl/N-ethyl adjacent to an activating group) is 1. The molecule has 98 valence electrons. The SMILES string of the molecule is CCN(CC(=O)O)C(=O)C(C)c1cccc(F)c1. The second-order valence-electron chi connectivity index (χ2n) is 4.02. The first-order valence-corrected chi connectivity index (χ1v) is 5.71. The van der Waals surface area contributed by atoms with Crippen molar-refractivity contribution in [2.75, 3.05) is 13.1 Å². The number of carboxylic acid groups (broad SMARTS) is 1. The highest BCUT2D eigenvalue weighted by Crippen LogP contribution is 2.18. The van der Waals surface area contributed by atoms with Crippen LogP contribution >= 0.6 is 0 Å². The molecular formula is C13H16FNO3. The lowest BCUT2D eigenvalue weighted by atomic mass is 9.99. The van der Waals surface area contributed by atoms with E-state index in [9.17, 15) is 14.0 Å². The van der Waals surface area contributed by atoms with Gasteiger partial charge in [-0.25, -0.2) is 4.39 Å². The first kappa shape index (κ1) is 14.2. The minimum atomic E-state index is -1.06. The van der Waals surface area contributed by atoms with Crippen molar-refractivity contribution in [3.8, 4) is 0 Å². The average molecular weight is 253 g/mol. The minimum Gasteiger partial charge on any atom is -0.480 e. The average Bonchev–Trinajstić information content (AvgIpc) is 2.34. The molecule has 0 aliphatic rings. The van der Waals surface area contributed by atoms with E-state index in [1.54, 1.807) is 19.9 Å². The highest BCUT2D eigenvalue weighted by molar-refractivity contribution is 5.86. The number of carboxylic acids is 1. The monoisotopic (exact) mass is 253 g/mol. The lowest BCUT2D eigenvalue weighted by Crippen LogP contribution is -2.38. The molecule has 0 aliphatic heterocycles. The second-order valence-corrected chi connectivity index (χ2v) is 4.02. The van der Waals surface area contributed by atoms with Crippen molar-refractivity contribution in [3.63, 3.8) is 0 Å². The van der Waals surface area contributed by atoms with Crippen LogP contribution in [0.1, 0.15) is 25.3 Å². The van der Waals surface area contributed by atoms with Gasteiger partial charge in [0.25, 0.3) is 0 Å². The van der Waals surface area contributed by atoms with E-state index in [1.807, 2.05) is 0 Å². The Morgan fingerprint density at radius 2 is 2.11 bits per heavy atom. The molecule has 1 unspecified atom stereocenters. The van der Waals surface area contributed by atoms with Gasteiger partial charge >= 0.3 is 5.97 Å². The van der Waals surface area contributed by atoms with E-state index in [1.165, 1.54) is 23.1 Å². The molecule has 0 saturated carbocycles. The molecule has 4 nitrogen and oxygen atoms in total. The normalized spacial score (nSPS) is 11.9. The lowest BCUT2D eigenvalue weighted by Gasteiger charge is -2.22. The van der Waals surface area contributed by atoms with E-state index in [-0.39, 0.29) is 12.5 Å². The first-order chi connectivity index (χ1) is 8.45. The van der Waals surface area contributed by atoms with Crippen LogP contribution in [0.4, 0.5) is 4.39 Å². The number of rotatable bonds is 5. The molecule has 1 amide bonds. The summed E-state index contributed by atoms with van der Waals surface area (Å²) in [5, 5.41) is 8.71. The van der Waals surface area contributed by atoms with E-state index in [4.69, 9.17) is 5.11 Å². The molecule has 0 aliphatic carbocycles. The predicted molar refractivity (Wildman–Crippen MR) is 64.7 cm³/mol. The Bertz CT molecular complexity index is 448. The Kier molecular flexibility index (Phi) is 4.83. The number of hydrogen-bond acceptors (Lipinski definition) is 2. The minimum absolute atomic E-state index is 0.310. The van der Waals surface area contributed by atoms with Gasteiger partial charge in [0.05, 0.1) is 5.92 Å². The third-order valence-corrected chi connectivity index (χ3v) is 2.74. The highest BCUT2D eigenvalue weighted by atomic mass is 19.1. The van der Waals surface area contributed by atoms with Crippen molar-refractivity contribution in [3.05, 3.63) is 35.6 Å². The van der Waals surface area contributed by atoms with Crippen LogP contribution in [-0.2, 0) is 9.59 Å². The van der Waals surface area contributed by atoms with Gasteiger partial charge in [-0.15, -0.1) is 0 Å². The smallest absolute Gasteiger partial charge is 0.323 e. The third-order valence-electron chi connectivity index (χ3n) is 2.74. The zero-order valence-corrected chi connectivity index (χ0v) is 10.4. The van der Waals surface area contributed by atoms with Crippen LogP contribution in [0.5, 0.6) is 0 Å². The van der Waals surface area contributed by atoms with E-state index in [2.05, 4.69) is 0 Å².